The average Bonchev–Trinajstić information content (AvgIpc) is 2.70. The molecule has 0 aliphatic rings. The third-order valence-electron chi connectivity index (χ3n) is 2.35. The van der Waals surface area contributed by atoms with Gasteiger partial charge in [-0.3, -0.25) is 5.43 Å². The van der Waals surface area contributed by atoms with Gasteiger partial charge in [-0.2, -0.15) is 0 Å². The van der Waals surface area contributed by atoms with Crippen LogP contribution in [0.4, 0.5) is 9.52 Å². The van der Waals surface area contributed by atoms with Gasteiger partial charge in [0, 0.05) is 10.4 Å². The number of rotatable bonds is 3. The largest absolute Gasteiger partial charge is 0.494 e. The number of aryl methyl sites for hydroxylation is 1. The molecule has 6 heteroatoms. The number of nitrogens with zero attached hydrogens (tertiary/aromatic N) is 1. The molecule has 0 bridgehead atoms. The summed E-state index contributed by atoms with van der Waals surface area (Å²) in [6, 6.07) is 4.75. The molecule has 1 aromatic heterocycles. The molecule has 2 rings (SSSR count). The molecule has 90 valence electrons. The van der Waals surface area contributed by atoms with E-state index in [-0.39, 0.29) is 5.75 Å². The lowest BCUT2D eigenvalue weighted by Gasteiger charge is -2.03. The van der Waals surface area contributed by atoms with Crippen LogP contribution in [0.25, 0.3) is 11.3 Å². The minimum absolute atomic E-state index is 0.221. The first-order valence-corrected chi connectivity index (χ1v) is 5.75. The zero-order chi connectivity index (χ0) is 12.4. The number of hydrogen-bond donors (Lipinski definition) is 2. The van der Waals surface area contributed by atoms with E-state index in [1.807, 2.05) is 6.92 Å². The third kappa shape index (κ3) is 2.22. The fourth-order valence-electron chi connectivity index (χ4n) is 1.54. The Morgan fingerprint density at radius 3 is 2.76 bits per heavy atom. The van der Waals surface area contributed by atoms with Crippen LogP contribution in [0.5, 0.6) is 5.75 Å². The van der Waals surface area contributed by atoms with Crippen molar-refractivity contribution in [2.24, 2.45) is 5.84 Å². The number of halogens is 1. The van der Waals surface area contributed by atoms with E-state index >= 15 is 0 Å². The summed E-state index contributed by atoms with van der Waals surface area (Å²) in [6.45, 7) is 1.91. The van der Waals surface area contributed by atoms with Crippen LogP contribution in [0.15, 0.2) is 18.2 Å². The second kappa shape index (κ2) is 4.68. The van der Waals surface area contributed by atoms with Gasteiger partial charge in [-0.25, -0.2) is 15.2 Å². The summed E-state index contributed by atoms with van der Waals surface area (Å²) < 4.78 is 18.4. The predicted octanol–water partition coefficient (Wildman–Crippen LogP) is 2.55. The second-order valence-corrected chi connectivity index (χ2v) is 4.62. The Morgan fingerprint density at radius 2 is 2.24 bits per heavy atom. The number of hydrogen-bond acceptors (Lipinski definition) is 5. The number of nitrogen functional groups attached to an aromatic ring is 1. The van der Waals surface area contributed by atoms with Gasteiger partial charge in [-0.05, 0) is 25.1 Å². The van der Waals surface area contributed by atoms with Crippen LogP contribution in [0.3, 0.4) is 0 Å². The Hall–Kier alpha value is -1.66. The molecule has 0 saturated heterocycles. The molecule has 0 radical (unpaired) electrons. The summed E-state index contributed by atoms with van der Waals surface area (Å²) >= 11 is 1.42. The van der Waals surface area contributed by atoms with Crippen molar-refractivity contribution in [3.05, 3.63) is 28.9 Å². The lowest BCUT2D eigenvalue weighted by molar-refractivity contribution is 0.386. The smallest absolute Gasteiger partial charge is 0.197 e. The first kappa shape index (κ1) is 11.8. The summed E-state index contributed by atoms with van der Waals surface area (Å²) in [5.74, 6) is 5.11. The summed E-state index contributed by atoms with van der Waals surface area (Å²) in [4.78, 5) is 5.24. The van der Waals surface area contributed by atoms with Crippen molar-refractivity contribution in [2.75, 3.05) is 12.5 Å². The molecule has 4 nitrogen and oxygen atoms in total. The molecule has 0 fully saturated rings. The van der Waals surface area contributed by atoms with Crippen molar-refractivity contribution < 1.29 is 9.13 Å². The van der Waals surface area contributed by atoms with Crippen LogP contribution < -0.4 is 16.0 Å². The molecule has 2 aromatic rings. The topological polar surface area (TPSA) is 60.2 Å². The quantitative estimate of drug-likeness (QED) is 0.652. The van der Waals surface area contributed by atoms with Crippen molar-refractivity contribution in [1.29, 1.82) is 0 Å². The summed E-state index contributed by atoms with van der Waals surface area (Å²) in [6.07, 6.45) is 0. The molecule has 0 spiro atoms. The number of thiazole rings is 1. The van der Waals surface area contributed by atoms with Crippen molar-refractivity contribution in [2.45, 2.75) is 6.92 Å². The zero-order valence-corrected chi connectivity index (χ0v) is 10.3. The fourth-order valence-corrected chi connectivity index (χ4v) is 2.29. The average molecular weight is 253 g/mol. The van der Waals surface area contributed by atoms with E-state index < -0.39 is 5.82 Å². The maximum atomic E-state index is 13.6. The number of hydrazine groups is 1. The Labute approximate surface area is 102 Å². The number of anilines is 1. The van der Waals surface area contributed by atoms with E-state index in [4.69, 9.17) is 10.6 Å². The first-order valence-electron chi connectivity index (χ1n) is 4.93. The van der Waals surface area contributed by atoms with Gasteiger partial charge in [0.25, 0.3) is 0 Å². The fraction of sp³-hybridized carbons (Fsp3) is 0.182. The maximum absolute atomic E-state index is 13.6. The number of methoxy groups -OCH3 is 1. The summed E-state index contributed by atoms with van der Waals surface area (Å²) in [7, 11) is 1.43. The van der Waals surface area contributed by atoms with Crippen LogP contribution in [-0.4, -0.2) is 12.1 Å². The van der Waals surface area contributed by atoms with Gasteiger partial charge in [-0.1, -0.05) is 0 Å². The highest BCUT2D eigenvalue weighted by Crippen LogP contribution is 2.31. The van der Waals surface area contributed by atoms with Crippen LogP contribution in [0.1, 0.15) is 4.88 Å². The molecule has 0 atom stereocenters. The van der Waals surface area contributed by atoms with Gasteiger partial charge in [0.05, 0.1) is 12.8 Å². The van der Waals surface area contributed by atoms with E-state index in [0.717, 1.165) is 10.6 Å². The highest BCUT2D eigenvalue weighted by molar-refractivity contribution is 7.15. The molecule has 0 saturated carbocycles. The molecular weight excluding hydrogens is 241 g/mol. The number of aromatic nitrogens is 1. The zero-order valence-electron chi connectivity index (χ0n) is 9.45. The monoisotopic (exact) mass is 253 g/mol. The van der Waals surface area contributed by atoms with Crippen molar-refractivity contribution in [3.63, 3.8) is 0 Å². The summed E-state index contributed by atoms with van der Waals surface area (Å²) in [5.41, 5.74) is 3.92. The van der Waals surface area contributed by atoms with Gasteiger partial charge in [0.1, 0.15) is 0 Å². The SMILES string of the molecule is COc1ccc(-c2nc(NN)sc2C)cc1F. The molecule has 0 aliphatic carbocycles. The lowest BCUT2D eigenvalue weighted by Crippen LogP contribution is -2.05. The molecule has 0 unspecified atom stereocenters. The molecule has 0 amide bonds. The van der Waals surface area contributed by atoms with Crippen molar-refractivity contribution in [3.8, 4) is 17.0 Å². The van der Waals surface area contributed by atoms with Crippen molar-refractivity contribution in [1.82, 2.24) is 4.98 Å². The van der Waals surface area contributed by atoms with E-state index in [1.54, 1.807) is 12.1 Å². The van der Waals surface area contributed by atoms with Gasteiger partial charge in [0.15, 0.2) is 16.7 Å². The van der Waals surface area contributed by atoms with Gasteiger partial charge in [-0.15, -0.1) is 11.3 Å². The molecule has 3 N–H and O–H groups in total. The van der Waals surface area contributed by atoms with Crippen LogP contribution in [0.2, 0.25) is 0 Å². The van der Waals surface area contributed by atoms with Gasteiger partial charge >= 0.3 is 0 Å². The second-order valence-electron chi connectivity index (χ2n) is 3.42. The maximum Gasteiger partial charge on any atom is 0.197 e. The van der Waals surface area contributed by atoms with Gasteiger partial charge < -0.3 is 4.74 Å². The Morgan fingerprint density at radius 1 is 1.47 bits per heavy atom. The molecule has 17 heavy (non-hydrogen) atoms. The Kier molecular flexibility index (Phi) is 3.26. The molecular formula is C11H12FN3OS. The number of nitrogens with two attached hydrogens (primary N) is 1. The Balaban J connectivity index is 2.45. The molecule has 1 heterocycles. The minimum atomic E-state index is -0.403. The standard InChI is InChI=1S/C11H12FN3OS/c1-6-10(14-11(15-13)17-6)7-3-4-9(16-2)8(12)5-7/h3-5H,13H2,1-2H3,(H,14,15). The molecule has 1 aromatic carbocycles. The van der Waals surface area contributed by atoms with Gasteiger partial charge in [0.2, 0.25) is 0 Å². The van der Waals surface area contributed by atoms with Crippen LogP contribution in [0, 0.1) is 12.7 Å². The number of benzene rings is 1. The van der Waals surface area contributed by atoms with E-state index in [9.17, 15) is 4.39 Å². The summed E-state index contributed by atoms with van der Waals surface area (Å²) in [5, 5.41) is 0.605. The number of ether oxygens (including phenoxy) is 1. The van der Waals surface area contributed by atoms with E-state index in [1.165, 1.54) is 24.5 Å². The first-order chi connectivity index (χ1) is 8.15. The van der Waals surface area contributed by atoms with Crippen LogP contribution in [-0.2, 0) is 0 Å². The van der Waals surface area contributed by atoms with Crippen LogP contribution >= 0.6 is 11.3 Å². The number of nitrogens with one attached hydrogen (secondary N) is 1. The highest BCUT2D eigenvalue weighted by atomic mass is 32.1. The van der Waals surface area contributed by atoms with E-state index in [0.29, 0.717) is 10.7 Å². The van der Waals surface area contributed by atoms with Crippen molar-refractivity contribution >= 4 is 16.5 Å². The normalized spacial score (nSPS) is 10.4. The van der Waals surface area contributed by atoms with E-state index in [2.05, 4.69) is 10.4 Å². The lowest BCUT2D eigenvalue weighted by atomic mass is 10.1. The highest BCUT2D eigenvalue weighted by Gasteiger charge is 2.11. The predicted molar refractivity (Wildman–Crippen MR) is 66.6 cm³/mol. The third-order valence-corrected chi connectivity index (χ3v) is 3.25. The Bertz CT molecular complexity index is 542. The minimum Gasteiger partial charge on any atom is -0.494 e. The molecule has 0 aliphatic heterocycles.